The highest BCUT2D eigenvalue weighted by molar-refractivity contribution is 5.94. The number of aliphatic hydroxyl groups excluding tert-OH is 1. The van der Waals surface area contributed by atoms with Gasteiger partial charge in [0.05, 0.1) is 12.7 Å². The van der Waals surface area contributed by atoms with E-state index in [9.17, 15) is 9.18 Å². The topological polar surface area (TPSA) is 73.1 Å². The summed E-state index contributed by atoms with van der Waals surface area (Å²) in [5, 5.41) is 20.0. The lowest BCUT2D eigenvalue weighted by atomic mass is 10.1. The zero-order chi connectivity index (χ0) is 12.2. The molecule has 2 N–H and O–H groups in total. The SMILES string of the molecule is CC(C#N)(CO)NC(=O)c1ccc(F)cc1. The first-order chi connectivity index (χ1) is 7.50. The summed E-state index contributed by atoms with van der Waals surface area (Å²) < 4.78 is 12.6. The summed E-state index contributed by atoms with van der Waals surface area (Å²) in [4.78, 5) is 11.6. The van der Waals surface area contributed by atoms with Crippen LogP contribution in [-0.2, 0) is 0 Å². The lowest BCUT2D eigenvalue weighted by molar-refractivity contribution is 0.0893. The average molecular weight is 222 g/mol. The van der Waals surface area contributed by atoms with Crippen molar-refractivity contribution in [2.45, 2.75) is 12.5 Å². The van der Waals surface area contributed by atoms with E-state index >= 15 is 0 Å². The van der Waals surface area contributed by atoms with Crippen molar-refractivity contribution in [1.82, 2.24) is 5.32 Å². The first-order valence-electron chi connectivity index (χ1n) is 4.61. The van der Waals surface area contributed by atoms with Gasteiger partial charge < -0.3 is 10.4 Å². The van der Waals surface area contributed by atoms with Gasteiger partial charge in [-0.3, -0.25) is 4.79 Å². The predicted molar refractivity (Wildman–Crippen MR) is 55.0 cm³/mol. The van der Waals surface area contributed by atoms with Gasteiger partial charge in [-0.1, -0.05) is 0 Å². The van der Waals surface area contributed by atoms with Crippen molar-refractivity contribution < 1.29 is 14.3 Å². The van der Waals surface area contributed by atoms with Crippen molar-refractivity contribution >= 4 is 5.91 Å². The van der Waals surface area contributed by atoms with E-state index in [1.807, 2.05) is 0 Å². The van der Waals surface area contributed by atoms with Gasteiger partial charge in [0.25, 0.3) is 5.91 Å². The Labute approximate surface area is 92.3 Å². The van der Waals surface area contributed by atoms with Crippen LogP contribution in [0.1, 0.15) is 17.3 Å². The Bertz CT molecular complexity index is 425. The fourth-order valence-electron chi connectivity index (χ4n) is 1.03. The van der Waals surface area contributed by atoms with Crippen LogP contribution in [0.3, 0.4) is 0 Å². The number of nitriles is 1. The number of hydrogen-bond acceptors (Lipinski definition) is 3. The largest absolute Gasteiger partial charge is 0.393 e. The number of hydrogen-bond donors (Lipinski definition) is 2. The van der Waals surface area contributed by atoms with Gasteiger partial charge in [-0.2, -0.15) is 5.26 Å². The molecule has 0 aromatic heterocycles. The zero-order valence-corrected chi connectivity index (χ0v) is 8.70. The number of carbonyl (C=O) groups is 1. The molecule has 0 aliphatic rings. The number of carbonyl (C=O) groups excluding carboxylic acids is 1. The molecule has 1 aromatic rings. The lowest BCUT2D eigenvalue weighted by Crippen LogP contribution is -2.47. The van der Waals surface area contributed by atoms with E-state index in [0.29, 0.717) is 0 Å². The second-order valence-corrected chi connectivity index (χ2v) is 3.56. The Morgan fingerprint density at radius 2 is 2.12 bits per heavy atom. The minimum atomic E-state index is -1.33. The summed E-state index contributed by atoms with van der Waals surface area (Å²) in [6.45, 7) is 0.908. The van der Waals surface area contributed by atoms with Crippen LogP contribution in [0.5, 0.6) is 0 Å². The maximum atomic E-state index is 12.6. The fourth-order valence-corrected chi connectivity index (χ4v) is 1.03. The van der Waals surface area contributed by atoms with E-state index < -0.39 is 23.9 Å². The van der Waals surface area contributed by atoms with Gasteiger partial charge in [0.2, 0.25) is 0 Å². The van der Waals surface area contributed by atoms with Gasteiger partial charge in [-0.05, 0) is 31.2 Å². The second-order valence-electron chi connectivity index (χ2n) is 3.56. The second kappa shape index (κ2) is 4.73. The van der Waals surface area contributed by atoms with E-state index in [-0.39, 0.29) is 5.56 Å². The maximum absolute atomic E-state index is 12.6. The molecule has 84 valence electrons. The van der Waals surface area contributed by atoms with Gasteiger partial charge in [0.1, 0.15) is 11.4 Å². The highest BCUT2D eigenvalue weighted by atomic mass is 19.1. The van der Waals surface area contributed by atoms with Crippen molar-refractivity contribution in [3.05, 3.63) is 35.6 Å². The van der Waals surface area contributed by atoms with Crippen molar-refractivity contribution in [3.63, 3.8) is 0 Å². The number of halogens is 1. The molecule has 0 saturated carbocycles. The number of rotatable bonds is 3. The fraction of sp³-hybridized carbons (Fsp3) is 0.273. The first-order valence-corrected chi connectivity index (χ1v) is 4.61. The minimum absolute atomic E-state index is 0.233. The molecule has 0 radical (unpaired) electrons. The Balaban J connectivity index is 2.81. The molecule has 0 aliphatic heterocycles. The third kappa shape index (κ3) is 2.78. The van der Waals surface area contributed by atoms with Crippen LogP contribution in [0.4, 0.5) is 4.39 Å². The van der Waals surface area contributed by atoms with Crippen LogP contribution >= 0.6 is 0 Å². The summed E-state index contributed by atoms with van der Waals surface area (Å²) >= 11 is 0. The summed E-state index contributed by atoms with van der Waals surface area (Å²) in [6, 6.07) is 6.70. The standard InChI is InChI=1S/C11H11FN2O2/c1-11(6-13,7-15)14-10(16)8-2-4-9(12)5-3-8/h2-5,15H,7H2,1H3,(H,14,16). The molecule has 1 rings (SSSR count). The Kier molecular flexibility index (Phi) is 3.59. The van der Waals surface area contributed by atoms with Crippen LogP contribution in [0.2, 0.25) is 0 Å². The van der Waals surface area contributed by atoms with Crippen LogP contribution in [0.15, 0.2) is 24.3 Å². The summed E-state index contributed by atoms with van der Waals surface area (Å²) in [5.41, 5.74) is -1.10. The van der Waals surface area contributed by atoms with Crippen molar-refractivity contribution in [1.29, 1.82) is 5.26 Å². The van der Waals surface area contributed by atoms with E-state index in [1.54, 1.807) is 6.07 Å². The molecule has 1 unspecified atom stereocenters. The lowest BCUT2D eigenvalue weighted by Gasteiger charge is -2.20. The highest BCUT2D eigenvalue weighted by Gasteiger charge is 2.25. The first kappa shape index (κ1) is 12.1. The number of nitrogens with one attached hydrogen (secondary N) is 1. The van der Waals surface area contributed by atoms with Gasteiger partial charge in [-0.15, -0.1) is 0 Å². The Morgan fingerprint density at radius 3 is 2.56 bits per heavy atom. The third-order valence-electron chi connectivity index (χ3n) is 2.06. The highest BCUT2D eigenvalue weighted by Crippen LogP contribution is 2.06. The zero-order valence-electron chi connectivity index (χ0n) is 8.70. The number of aliphatic hydroxyl groups is 1. The van der Waals surface area contributed by atoms with E-state index in [4.69, 9.17) is 10.4 Å². The molecule has 4 nitrogen and oxygen atoms in total. The maximum Gasteiger partial charge on any atom is 0.252 e. The smallest absolute Gasteiger partial charge is 0.252 e. The average Bonchev–Trinajstić information content (AvgIpc) is 2.29. The minimum Gasteiger partial charge on any atom is -0.393 e. The molecular formula is C11H11FN2O2. The van der Waals surface area contributed by atoms with Gasteiger partial charge >= 0.3 is 0 Å². The molecule has 1 aromatic carbocycles. The molecule has 0 spiro atoms. The summed E-state index contributed by atoms with van der Waals surface area (Å²) in [7, 11) is 0. The van der Waals surface area contributed by atoms with Crippen LogP contribution in [-0.4, -0.2) is 23.2 Å². The Morgan fingerprint density at radius 1 is 1.56 bits per heavy atom. The normalized spacial score (nSPS) is 13.6. The molecule has 0 bridgehead atoms. The van der Waals surface area contributed by atoms with Crippen LogP contribution < -0.4 is 5.32 Å². The van der Waals surface area contributed by atoms with Crippen LogP contribution in [0.25, 0.3) is 0 Å². The number of nitrogens with zero attached hydrogens (tertiary/aromatic N) is 1. The van der Waals surface area contributed by atoms with Crippen molar-refractivity contribution in [3.8, 4) is 6.07 Å². The molecule has 1 amide bonds. The summed E-state index contributed by atoms with van der Waals surface area (Å²) in [5.74, 6) is -0.972. The molecule has 5 heteroatoms. The molecule has 0 saturated heterocycles. The van der Waals surface area contributed by atoms with E-state index in [0.717, 1.165) is 12.1 Å². The Hall–Kier alpha value is -1.93. The molecule has 0 fully saturated rings. The molecule has 1 atom stereocenters. The van der Waals surface area contributed by atoms with Gasteiger partial charge in [-0.25, -0.2) is 4.39 Å². The predicted octanol–water partition coefficient (Wildman–Crippen LogP) is 0.830. The van der Waals surface area contributed by atoms with E-state index in [1.165, 1.54) is 19.1 Å². The van der Waals surface area contributed by atoms with Crippen molar-refractivity contribution in [2.24, 2.45) is 0 Å². The monoisotopic (exact) mass is 222 g/mol. The van der Waals surface area contributed by atoms with E-state index in [2.05, 4.69) is 5.32 Å². The quantitative estimate of drug-likeness (QED) is 0.795. The van der Waals surface area contributed by atoms with Crippen LogP contribution in [0, 0.1) is 17.1 Å². The van der Waals surface area contributed by atoms with Crippen molar-refractivity contribution in [2.75, 3.05) is 6.61 Å². The molecule has 0 aliphatic carbocycles. The molecule has 0 heterocycles. The molecule has 16 heavy (non-hydrogen) atoms. The van der Waals surface area contributed by atoms with Gasteiger partial charge in [0.15, 0.2) is 0 Å². The number of benzene rings is 1. The third-order valence-corrected chi connectivity index (χ3v) is 2.06. The van der Waals surface area contributed by atoms with Gasteiger partial charge in [0, 0.05) is 5.56 Å². The summed E-state index contributed by atoms with van der Waals surface area (Å²) in [6.07, 6.45) is 0. The molecular weight excluding hydrogens is 211 g/mol. The number of amides is 1.